The molecule has 0 heterocycles. The maximum Gasteiger partial charge on any atom is 0.0490 e. The second-order valence-corrected chi connectivity index (χ2v) is 5.35. The number of rotatable bonds is 6. The van der Waals surface area contributed by atoms with Crippen molar-refractivity contribution in [1.29, 1.82) is 0 Å². The van der Waals surface area contributed by atoms with Gasteiger partial charge in [0, 0.05) is 19.8 Å². The molecular formula is C13H27NO. The van der Waals surface area contributed by atoms with E-state index in [4.69, 9.17) is 4.74 Å². The summed E-state index contributed by atoms with van der Waals surface area (Å²) in [5.74, 6) is 2.46. The van der Waals surface area contributed by atoms with Crippen molar-refractivity contribution >= 4 is 0 Å². The molecule has 0 spiro atoms. The monoisotopic (exact) mass is 213 g/mol. The van der Waals surface area contributed by atoms with Crippen LogP contribution in [0.25, 0.3) is 0 Å². The van der Waals surface area contributed by atoms with Crippen LogP contribution in [-0.2, 0) is 4.74 Å². The first-order chi connectivity index (χ1) is 7.15. The number of hydrogen-bond donors (Lipinski definition) is 1. The fraction of sp³-hybridized carbons (Fsp3) is 1.00. The van der Waals surface area contributed by atoms with E-state index < -0.39 is 0 Å². The molecule has 0 aliphatic heterocycles. The maximum atomic E-state index is 5.27. The molecule has 0 aromatic rings. The van der Waals surface area contributed by atoms with E-state index in [1.54, 1.807) is 0 Å². The number of ether oxygens (including phenoxy) is 1. The lowest BCUT2D eigenvalue weighted by Gasteiger charge is -2.26. The summed E-state index contributed by atoms with van der Waals surface area (Å²) in [7, 11) is 1.81. The van der Waals surface area contributed by atoms with Gasteiger partial charge in [-0.05, 0) is 37.1 Å². The average Bonchev–Trinajstić information content (AvgIpc) is 2.62. The smallest absolute Gasteiger partial charge is 0.0490 e. The van der Waals surface area contributed by atoms with Gasteiger partial charge in [-0.1, -0.05) is 27.2 Å². The summed E-state index contributed by atoms with van der Waals surface area (Å²) in [6.45, 7) is 8.90. The Labute approximate surface area is 94.8 Å². The lowest BCUT2D eigenvalue weighted by molar-refractivity contribution is 0.114. The van der Waals surface area contributed by atoms with Crippen molar-refractivity contribution in [3.8, 4) is 0 Å². The molecule has 15 heavy (non-hydrogen) atoms. The SMILES string of the molecule is COCC(C)C1CCCC1CNC(C)C. The van der Waals surface area contributed by atoms with Crippen molar-refractivity contribution in [3.63, 3.8) is 0 Å². The molecule has 0 bridgehead atoms. The van der Waals surface area contributed by atoms with Gasteiger partial charge < -0.3 is 10.1 Å². The second kappa shape index (κ2) is 6.49. The van der Waals surface area contributed by atoms with Crippen LogP contribution in [0.1, 0.15) is 40.0 Å². The Hall–Kier alpha value is -0.0800. The highest BCUT2D eigenvalue weighted by molar-refractivity contribution is 4.82. The van der Waals surface area contributed by atoms with E-state index in [-0.39, 0.29) is 0 Å². The van der Waals surface area contributed by atoms with E-state index in [1.165, 1.54) is 25.8 Å². The van der Waals surface area contributed by atoms with Gasteiger partial charge in [0.05, 0.1) is 0 Å². The fourth-order valence-electron chi connectivity index (χ4n) is 2.84. The molecule has 1 aliphatic rings. The zero-order valence-electron chi connectivity index (χ0n) is 10.8. The van der Waals surface area contributed by atoms with Crippen molar-refractivity contribution in [2.75, 3.05) is 20.3 Å². The van der Waals surface area contributed by atoms with Gasteiger partial charge in [0.2, 0.25) is 0 Å². The Balaban J connectivity index is 2.35. The summed E-state index contributed by atoms with van der Waals surface area (Å²) >= 11 is 0. The van der Waals surface area contributed by atoms with Gasteiger partial charge in [0.15, 0.2) is 0 Å². The number of nitrogens with one attached hydrogen (secondary N) is 1. The zero-order chi connectivity index (χ0) is 11.3. The highest BCUT2D eigenvalue weighted by Crippen LogP contribution is 2.36. The fourth-order valence-corrected chi connectivity index (χ4v) is 2.84. The molecule has 3 unspecified atom stereocenters. The maximum absolute atomic E-state index is 5.27. The van der Waals surface area contributed by atoms with Crippen LogP contribution in [0.3, 0.4) is 0 Å². The van der Waals surface area contributed by atoms with Gasteiger partial charge in [-0.2, -0.15) is 0 Å². The van der Waals surface area contributed by atoms with Gasteiger partial charge in [-0.25, -0.2) is 0 Å². The van der Waals surface area contributed by atoms with Crippen LogP contribution in [0.4, 0.5) is 0 Å². The zero-order valence-corrected chi connectivity index (χ0v) is 10.8. The second-order valence-electron chi connectivity index (χ2n) is 5.35. The molecule has 2 nitrogen and oxygen atoms in total. The van der Waals surface area contributed by atoms with E-state index in [0.29, 0.717) is 6.04 Å². The Kier molecular flexibility index (Phi) is 5.62. The molecule has 0 aromatic carbocycles. The summed E-state index contributed by atoms with van der Waals surface area (Å²) in [5.41, 5.74) is 0. The predicted octanol–water partition coefficient (Wildman–Crippen LogP) is 2.68. The Morgan fingerprint density at radius 3 is 2.60 bits per heavy atom. The molecule has 3 atom stereocenters. The van der Waals surface area contributed by atoms with Crippen LogP contribution in [0.15, 0.2) is 0 Å². The van der Waals surface area contributed by atoms with Gasteiger partial charge in [0.25, 0.3) is 0 Å². The minimum absolute atomic E-state index is 0.615. The van der Waals surface area contributed by atoms with Crippen molar-refractivity contribution < 1.29 is 4.74 Å². The molecule has 90 valence electrons. The van der Waals surface area contributed by atoms with Crippen LogP contribution in [0.5, 0.6) is 0 Å². The van der Waals surface area contributed by atoms with E-state index in [9.17, 15) is 0 Å². The Morgan fingerprint density at radius 2 is 2.00 bits per heavy atom. The normalized spacial score (nSPS) is 28.6. The van der Waals surface area contributed by atoms with Gasteiger partial charge in [0.1, 0.15) is 0 Å². The van der Waals surface area contributed by atoms with E-state index >= 15 is 0 Å². The molecule has 0 radical (unpaired) electrons. The topological polar surface area (TPSA) is 21.3 Å². The van der Waals surface area contributed by atoms with Gasteiger partial charge in [-0.15, -0.1) is 0 Å². The third-order valence-corrected chi connectivity index (χ3v) is 3.67. The standard InChI is InChI=1S/C13H27NO/c1-10(2)14-8-12-6-5-7-13(12)11(3)9-15-4/h10-14H,5-9H2,1-4H3. The third kappa shape index (κ3) is 4.12. The summed E-state index contributed by atoms with van der Waals surface area (Å²) in [6.07, 6.45) is 4.20. The minimum Gasteiger partial charge on any atom is -0.384 e. The van der Waals surface area contributed by atoms with Crippen LogP contribution in [-0.4, -0.2) is 26.3 Å². The lowest BCUT2D eigenvalue weighted by Crippen LogP contribution is -2.33. The molecular weight excluding hydrogens is 186 g/mol. The molecule has 0 amide bonds. The number of hydrogen-bond acceptors (Lipinski definition) is 2. The van der Waals surface area contributed by atoms with E-state index in [1.807, 2.05) is 7.11 Å². The molecule has 1 aliphatic carbocycles. The summed E-state index contributed by atoms with van der Waals surface area (Å²) < 4.78 is 5.27. The largest absolute Gasteiger partial charge is 0.384 e. The van der Waals surface area contributed by atoms with Crippen molar-refractivity contribution in [2.45, 2.75) is 46.1 Å². The van der Waals surface area contributed by atoms with Crippen LogP contribution < -0.4 is 5.32 Å². The number of methoxy groups -OCH3 is 1. The summed E-state index contributed by atoms with van der Waals surface area (Å²) in [4.78, 5) is 0. The highest BCUT2D eigenvalue weighted by Gasteiger charge is 2.31. The summed E-state index contributed by atoms with van der Waals surface area (Å²) in [6, 6.07) is 0.615. The Morgan fingerprint density at radius 1 is 1.27 bits per heavy atom. The molecule has 1 rings (SSSR count). The van der Waals surface area contributed by atoms with Crippen LogP contribution in [0, 0.1) is 17.8 Å². The van der Waals surface area contributed by atoms with Crippen molar-refractivity contribution in [1.82, 2.24) is 5.32 Å². The molecule has 2 heteroatoms. The van der Waals surface area contributed by atoms with E-state index in [2.05, 4.69) is 26.1 Å². The lowest BCUT2D eigenvalue weighted by atomic mass is 9.85. The quantitative estimate of drug-likeness (QED) is 0.732. The third-order valence-electron chi connectivity index (χ3n) is 3.67. The minimum atomic E-state index is 0.615. The van der Waals surface area contributed by atoms with Gasteiger partial charge >= 0.3 is 0 Å². The molecule has 1 saturated carbocycles. The molecule has 1 N–H and O–H groups in total. The van der Waals surface area contributed by atoms with Crippen molar-refractivity contribution in [3.05, 3.63) is 0 Å². The highest BCUT2D eigenvalue weighted by atomic mass is 16.5. The van der Waals surface area contributed by atoms with Gasteiger partial charge in [-0.3, -0.25) is 0 Å². The van der Waals surface area contributed by atoms with E-state index in [0.717, 1.165) is 24.4 Å². The summed E-state index contributed by atoms with van der Waals surface area (Å²) in [5, 5.41) is 3.57. The first kappa shape index (κ1) is 13.0. The Bertz CT molecular complexity index is 170. The first-order valence-corrected chi connectivity index (χ1v) is 6.37. The predicted molar refractivity (Wildman–Crippen MR) is 65.0 cm³/mol. The molecule has 1 fully saturated rings. The average molecular weight is 213 g/mol. The van der Waals surface area contributed by atoms with Crippen LogP contribution in [0.2, 0.25) is 0 Å². The first-order valence-electron chi connectivity index (χ1n) is 6.37. The van der Waals surface area contributed by atoms with Crippen LogP contribution >= 0.6 is 0 Å². The molecule has 0 aromatic heterocycles. The molecule has 0 saturated heterocycles. The van der Waals surface area contributed by atoms with Crippen molar-refractivity contribution in [2.24, 2.45) is 17.8 Å².